The van der Waals surface area contributed by atoms with E-state index in [1.165, 1.54) is 60.5 Å². The molecule has 0 amide bonds. The Kier molecular flexibility index (Phi) is 3.55. The zero-order valence-electron chi connectivity index (χ0n) is 20.3. The first-order valence-corrected chi connectivity index (χ1v) is 12.8. The number of aromatic nitrogens is 2. The zero-order chi connectivity index (χ0) is 24.2. The molecule has 0 radical (unpaired) electrons. The summed E-state index contributed by atoms with van der Waals surface area (Å²) in [7, 11) is 0.911. The van der Waals surface area contributed by atoms with E-state index in [0.29, 0.717) is 0 Å². The first-order valence-electron chi connectivity index (χ1n) is 12.8. The Morgan fingerprint density at radius 2 is 1.51 bits per heavy atom. The molecule has 37 heavy (non-hydrogen) atoms. The van der Waals surface area contributed by atoms with Crippen LogP contribution in [-0.4, -0.2) is 16.8 Å². The lowest BCUT2D eigenvalue weighted by atomic mass is 9.59. The summed E-state index contributed by atoms with van der Waals surface area (Å²) in [6, 6.07) is 35.2. The molecule has 0 bridgehead atoms. The number of nitrogens with one attached hydrogen (secondary N) is 1. The molecule has 4 heteroatoms. The monoisotopic (exact) mass is 472 g/mol. The normalized spacial score (nSPS) is 12.7. The van der Waals surface area contributed by atoms with Crippen LogP contribution >= 0.6 is 0 Å². The van der Waals surface area contributed by atoms with Crippen LogP contribution in [0.5, 0.6) is 0 Å². The van der Waals surface area contributed by atoms with Crippen LogP contribution in [0.15, 0.2) is 101 Å². The minimum Gasteiger partial charge on any atom is -0.440 e. The summed E-state index contributed by atoms with van der Waals surface area (Å²) in [5.41, 5.74) is 13.3. The molecule has 0 unspecified atom stereocenters. The van der Waals surface area contributed by atoms with Gasteiger partial charge in [0.25, 0.3) is 0 Å². The van der Waals surface area contributed by atoms with Gasteiger partial charge in [-0.25, -0.2) is 0 Å². The molecule has 1 aliphatic rings. The third-order valence-corrected chi connectivity index (χ3v) is 8.22. The number of aromatic amines is 1. The molecule has 3 nitrogen and oxygen atoms in total. The molecule has 5 aromatic carbocycles. The van der Waals surface area contributed by atoms with E-state index in [1.54, 1.807) is 0 Å². The third kappa shape index (κ3) is 2.42. The standard InChI is InChI=1S/C33H21BN2O/c1-18-16-24(20-10-6-12-23-29-22-9-3-5-15-28(22)37-33(29)35-31(20)23)30-27(17-18)36-26-14-4-2-8-19(26)21-11-7-13-25(34-30)32(21)36/h2-17,34-35H,1H3. The number of rotatable bonds is 1. The second kappa shape index (κ2) is 6.74. The molecule has 1 aliphatic heterocycles. The maximum atomic E-state index is 6.23. The SMILES string of the molecule is Cc1cc(-c2cccc3c2[nH]c2oc4ccccc4c23)c2c(c1)-n1c3ccccc3c3cccc(c31)B2. The molecule has 0 atom stereocenters. The van der Waals surface area contributed by atoms with Gasteiger partial charge in [-0.15, -0.1) is 0 Å². The summed E-state index contributed by atoms with van der Waals surface area (Å²) >= 11 is 0. The Balaban J connectivity index is 1.39. The lowest BCUT2D eigenvalue weighted by Crippen LogP contribution is -2.37. The van der Waals surface area contributed by atoms with Crippen LogP contribution in [0.25, 0.3) is 71.6 Å². The predicted molar refractivity (Wildman–Crippen MR) is 157 cm³/mol. The molecule has 0 saturated carbocycles. The van der Waals surface area contributed by atoms with Gasteiger partial charge in [0.1, 0.15) is 5.58 Å². The van der Waals surface area contributed by atoms with Crippen LogP contribution in [0, 0.1) is 6.92 Å². The second-order valence-electron chi connectivity index (χ2n) is 10.3. The van der Waals surface area contributed by atoms with Crippen LogP contribution in [0.3, 0.4) is 0 Å². The average Bonchev–Trinajstić information content (AvgIpc) is 3.58. The number of fused-ring (bicyclic) bond motifs is 10. The first-order chi connectivity index (χ1) is 18.3. The summed E-state index contributed by atoms with van der Waals surface area (Å²) in [5, 5.41) is 6.17. The van der Waals surface area contributed by atoms with Gasteiger partial charge in [-0.2, -0.15) is 0 Å². The second-order valence-corrected chi connectivity index (χ2v) is 10.3. The highest BCUT2D eigenvalue weighted by atomic mass is 16.3. The van der Waals surface area contributed by atoms with E-state index >= 15 is 0 Å². The third-order valence-electron chi connectivity index (χ3n) is 8.22. The molecule has 1 N–H and O–H groups in total. The molecule has 8 aromatic rings. The van der Waals surface area contributed by atoms with Crippen molar-refractivity contribution >= 4 is 73.0 Å². The average molecular weight is 472 g/mol. The van der Waals surface area contributed by atoms with Crippen molar-refractivity contribution in [1.82, 2.24) is 9.55 Å². The van der Waals surface area contributed by atoms with Crippen LogP contribution in [0.4, 0.5) is 0 Å². The number of benzene rings is 5. The van der Waals surface area contributed by atoms with Crippen molar-refractivity contribution in [2.24, 2.45) is 0 Å². The number of hydrogen-bond donors (Lipinski definition) is 1. The molecule has 0 aliphatic carbocycles. The van der Waals surface area contributed by atoms with Gasteiger partial charge < -0.3 is 14.0 Å². The molecule has 0 saturated heterocycles. The highest BCUT2D eigenvalue weighted by Crippen LogP contribution is 2.39. The van der Waals surface area contributed by atoms with Crippen molar-refractivity contribution in [3.8, 4) is 16.8 Å². The van der Waals surface area contributed by atoms with Gasteiger partial charge in [0.2, 0.25) is 5.71 Å². The van der Waals surface area contributed by atoms with Crippen molar-refractivity contribution in [3.63, 3.8) is 0 Å². The van der Waals surface area contributed by atoms with Crippen molar-refractivity contribution in [2.75, 3.05) is 0 Å². The van der Waals surface area contributed by atoms with E-state index in [2.05, 4.69) is 101 Å². The predicted octanol–water partition coefficient (Wildman–Crippen LogP) is 6.84. The van der Waals surface area contributed by atoms with Crippen LogP contribution in [0.1, 0.15) is 5.56 Å². The van der Waals surface area contributed by atoms with E-state index in [1.807, 2.05) is 12.1 Å². The number of para-hydroxylation sites is 4. The van der Waals surface area contributed by atoms with Gasteiger partial charge >= 0.3 is 0 Å². The molecule has 172 valence electrons. The number of furan rings is 1. The molecule has 0 spiro atoms. The molecule has 4 heterocycles. The van der Waals surface area contributed by atoms with E-state index in [0.717, 1.165) is 34.9 Å². The zero-order valence-corrected chi connectivity index (χ0v) is 20.3. The number of nitrogens with zero attached hydrogens (tertiary/aromatic N) is 1. The summed E-state index contributed by atoms with van der Waals surface area (Å²) in [6.07, 6.45) is 0. The highest BCUT2D eigenvalue weighted by Gasteiger charge is 2.26. The van der Waals surface area contributed by atoms with Gasteiger partial charge in [-0.05, 0) is 41.7 Å². The minimum absolute atomic E-state index is 0.841. The van der Waals surface area contributed by atoms with Gasteiger partial charge in [0.15, 0.2) is 7.28 Å². The topological polar surface area (TPSA) is 33.9 Å². The summed E-state index contributed by atoms with van der Waals surface area (Å²) in [5.74, 6) is 0. The van der Waals surface area contributed by atoms with Crippen LogP contribution in [0.2, 0.25) is 0 Å². The Morgan fingerprint density at radius 1 is 0.730 bits per heavy atom. The van der Waals surface area contributed by atoms with Gasteiger partial charge in [-0.3, -0.25) is 0 Å². The van der Waals surface area contributed by atoms with E-state index < -0.39 is 0 Å². The molecule has 9 rings (SSSR count). The Bertz CT molecular complexity index is 2240. The maximum absolute atomic E-state index is 6.23. The Hall–Kier alpha value is -4.70. The van der Waals surface area contributed by atoms with Gasteiger partial charge in [0, 0.05) is 38.3 Å². The van der Waals surface area contributed by atoms with Crippen molar-refractivity contribution in [2.45, 2.75) is 6.92 Å². The summed E-state index contributed by atoms with van der Waals surface area (Å²) in [6.45, 7) is 2.21. The fourth-order valence-electron chi connectivity index (χ4n) is 6.73. The molecule has 3 aromatic heterocycles. The van der Waals surface area contributed by atoms with E-state index in [9.17, 15) is 0 Å². The fourth-order valence-corrected chi connectivity index (χ4v) is 6.73. The quantitative estimate of drug-likeness (QED) is 0.261. The number of aryl methyl sites for hydroxylation is 1. The molecule has 0 fully saturated rings. The van der Waals surface area contributed by atoms with Crippen LogP contribution in [-0.2, 0) is 0 Å². The van der Waals surface area contributed by atoms with Gasteiger partial charge in [-0.1, -0.05) is 84.3 Å². The minimum atomic E-state index is 0.841. The van der Waals surface area contributed by atoms with Crippen LogP contribution < -0.4 is 10.9 Å². The lowest BCUT2D eigenvalue weighted by molar-refractivity contribution is 0.657. The van der Waals surface area contributed by atoms with Crippen molar-refractivity contribution in [3.05, 3.63) is 103 Å². The highest BCUT2D eigenvalue weighted by molar-refractivity contribution is 6.73. The largest absolute Gasteiger partial charge is 0.440 e. The number of H-pyrrole nitrogens is 1. The molecular weight excluding hydrogens is 451 g/mol. The summed E-state index contributed by atoms with van der Waals surface area (Å²) in [4.78, 5) is 3.65. The maximum Gasteiger partial charge on any atom is 0.206 e. The smallest absolute Gasteiger partial charge is 0.206 e. The summed E-state index contributed by atoms with van der Waals surface area (Å²) < 4.78 is 8.72. The van der Waals surface area contributed by atoms with E-state index in [-0.39, 0.29) is 0 Å². The van der Waals surface area contributed by atoms with Crippen molar-refractivity contribution < 1.29 is 4.42 Å². The Labute approximate surface area is 213 Å². The number of hydrogen-bond acceptors (Lipinski definition) is 1. The molecular formula is C33H21BN2O. The first kappa shape index (κ1) is 19.5. The van der Waals surface area contributed by atoms with Crippen molar-refractivity contribution in [1.29, 1.82) is 0 Å². The van der Waals surface area contributed by atoms with Gasteiger partial charge in [0.05, 0.1) is 16.4 Å². The lowest BCUT2D eigenvalue weighted by Gasteiger charge is -2.24. The fraction of sp³-hybridized carbons (Fsp3) is 0.0303. The van der Waals surface area contributed by atoms with E-state index in [4.69, 9.17) is 4.42 Å². The Morgan fingerprint density at radius 3 is 2.46 bits per heavy atom.